The zero-order chi connectivity index (χ0) is 19.4. The molecular formula is C20H15FN2O2S2. The Bertz CT molecular complexity index is 954. The van der Waals surface area contributed by atoms with Crippen LogP contribution < -0.4 is 5.43 Å². The van der Waals surface area contributed by atoms with Crippen molar-refractivity contribution in [3.63, 3.8) is 0 Å². The molecule has 2 aromatic carbocycles. The van der Waals surface area contributed by atoms with Gasteiger partial charge >= 0.3 is 0 Å². The van der Waals surface area contributed by atoms with Crippen LogP contribution in [0.15, 0.2) is 71.2 Å². The molecule has 2 aromatic rings. The summed E-state index contributed by atoms with van der Waals surface area (Å²) >= 11 is 6.31. The van der Waals surface area contributed by atoms with Crippen molar-refractivity contribution in [3.05, 3.63) is 88.1 Å². The van der Waals surface area contributed by atoms with Crippen molar-refractivity contribution < 1.29 is 14.0 Å². The molecule has 1 aliphatic rings. The number of hydrazine groups is 1. The minimum Gasteiger partial charge on any atom is -0.267 e. The summed E-state index contributed by atoms with van der Waals surface area (Å²) in [6.07, 6.45) is 3.68. The lowest BCUT2D eigenvalue weighted by Gasteiger charge is -2.15. The monoisotopic (exact) mass is 398 g/mol. The highest BCUT2D eigenvalue weighted by Crippen LogP contribution is 2.31. The van der Waals surface area contributed by atoms with E-state index in [2.05, 4.69) is 5.43 Å². The van der Waals surface area contributed by atoms with Gasteiger partial charge in [0.25, 0.3) is 11.8 Å². The topological polar surface area (TPSA) is 49.4 Å². The van der Waals surface area contributed by atoms with E-state index in [1.165, 1.54) is 24.3 Å². The quantitative estimate of drug-likeness (QED) is 0.616. The summed E-state index contributed by atoms with van der Waals surface area (Å²) in [6, 6.07) is 14.8. The summed E-state index contributed by atoms with van der Waals surface area (Å²) in [6.45, 7) is 1.89. The fourth-order valence-corrected chi connectivity index (χ4v) is 3.62. The Morgan fingerprint density at radius 2 is 1.81 bits per heavy atom. The summed E-state index contributed by atoms with van der Waals surface area (Å²) in [5.41, 5.74) is 4.60. The van der Waals surface area contributed by atoms with E-state index in [9.17, 15) is 14.0 Å². The van der Waals surface area contributed by atoms with Crippen LogP contribution in [0.25, 0.3) is 6.08 Å². The van der Waals surface area contributed by atoms with Crippen molar-refractivity contribution in [2.75, 3.05) is 0 Å². The molecule has 0 unspecified atom stereocenters. The summed E-state index contributed by atoms with van der Waals surface area (Å²) in [7, 11) is 0. The van der Waals surface area contributed by atoms with Crippen LogP contribution in [0.2, 0.25) is 0 Å². The van der Waals surface area contributed by atoms with Gasteiger partial charge in [-0.2, -0.15) is 5.01 Å². The molecule has 1 saturated heterocycles. The lowest BCUT2D eigenvalue weighted by Crippen LogP contribution is -2.44. The third-order valence-electron chi connectivity index (χ3n) is 3.67. The van der Waals surface area contributed by atoms with Gasteiger partial charge in [0.05, 0.1) is 4.91 Å². The number of halogens is 1. The SMILES string of the molecule is CC(=Cc1ccccc1)C=C1SC(=S)N(NC(=O)c2ccc(F)cc2)C1=O. The zero-order valence-electron chi connectivity index (χ0n) is 14.3. The van der Waals surface area contributed by atoms with Crippen molar-refractivity contribution in [1.82, 2.24) is 10.4 Å². The van der Waals surface area contributed by atoms with E-state index in [1.54, 1.807) is 6.08 Å². The predicted octanol–water partition coefficient (Wildman–Crippen LogP) is 4.32. The highest BCUT2D eigenvalue weighted by molar-refractivity contribution is 8.26. The van der Waals surface area contributed by atoms with Crippen LogP contribution in [0.5, 0.6) is 0 Å². The normalized spacial score (nSPS) is 16.1. The number of nitrogens with one attached hydrogen (secondary N) is 1. The van der Waals surface area contributed by atoms with Gasteiger partial charge < -0.3 is 0 Å². The Kier molecular flexibility index (Phi) is 5.83. The van der Waals surface area contributed by atoms with Gasteiger partial charge in [0.2, 0.25) is 0 Å². The average Bonchev–Trinajstić information content (AvgIpc) is 2.90. The molecule has 1 N–H and O–H groups in total. The number of thioether (sulfide) groups is 1. The number of benzene rings is 2. The molecule has 0 spiro atoms. The Balaban J connectivity index is 1.73. The molecule has 0 atom stereocenters. The molecule has 4 nitrogen and oxygen atoms in total. The van der Waals surface area contributed by atoms with Crippen LogP contribution in [0.1, 0.15) is 22.8 Å². The second-order valence-corrected chi connectivity index (χ2v) is 7.44. The molecular weight excluding hydrogens is 383 g/mol. The van der Waals surface area contributed by atoms with Gasteiger partial charge in [0, 0.05) is 5.56 Å². The maximum Gasteiger partial charge on any atom is 0.285 e. The number of thiocarbonyl (C=S) groups is 1. The molecule has 1 heterocycles. The lowest BCUT2D eigenvalue weighted by atomic mass is 10.1. The first-order chi connectivity index (χ1) is 12.9. The molecule has 1 fully saturated rings. The molecule has 27 heavy (non-hydrogen) atoms. The average molecular weight is 398 g/mol. The number of allylic oxidation sites excluding steroid dienone is 2. The Hall–Kier alpha value is -2.77. The Morgan fingerprint density at radius 1 is 1.15 bits per heavy atom. The molecule has 136 valence electrons. The zero-order valence-corrected chi connectivity index (χ0v) is 15.9. The second-order valence-electron chi connectivity index (χ2n) is 5.76. The maximum absolute atomic E-state index is 13.0. The van der Waals surface area contributed by atoms with E-state index in [4.69, 9.17) is 12.2 Å². The van der Waals surface area contributed by atoms with Crippen molar-refractivity contribution in [2.45, 2.75) is 6.92 Å². The maximum atomic E-state index is 13.0. The van der Waals surface area contributed by atoms with Crippen LogP contribution in [-0.2, 0) is 4.79 Å². The van der Waals surface area contributed by atoms with Gasteiger partial charge in [-0.15, -0.1) is 0 Å². The fourth-order valence-electron chi connectivity index (χ4n) is 2.39. The highest BCUT2D eigenvalue weighted by atomic mass is 32.2. The standard InChI is InChI=1S/C20H15FN2O2S2/c1-13(11-14-5-3-2-4-6-14)12-17-19(25)23(20(26)27-17)22-18(24)15-7-9-16(21)10-8-15/h2-12H,1H3,(H,22,24). The number of amides is 2. The molecule has 2 amide bonds. The molecule has 1 aliphatic heterocycles. The van der Waals surface area contributed by atoms with E-state index in [0.717, 1.165) is 27.9 Å². The lowest BCUT2D eigenvalue weighted by molar-refractivity contribution is -0.123. The number of carbonyl (C=O) groups is 2. The molecule has 0 aromatic heterocycles. The van der Waals surface area contributed by atoms with Crippen LogP contribution in [0, 0.1) is 5.82 Å². The number of rotatable bonds is 4. The fraction of sp³-hybridized carbons (Fsp3) is 0.0500. The molecule has 3 rings (SSSR count). The van der Waals surface area contributed by atoms with Crippen LogP contribution in [-0.4, -0.2) is 21.1 Å². The van der Waals surface area contributed by atoms with E-state index in [-0.39, 0.29) is 9.88 Å². The van der Waals surface area contributed by atoms with Crippen molar-refractivity contribution in [1.29, 1.82) is 0 Å². The number of hydrogen-bond acceptors (Lipinski definition) is 4. The number of hydrogen-bond donors (Lipinski definition) is 1. The van der Waals surface area contributed by atoms with Gasteiger partial charge in [-0.1, -0.05) is 48.2 Å². The minimum absolute atomic E-state index is 0.231. The van der Waals surface area contributed by atoms with E-state index >= 15 is 0 Å². The van der Waals surface area contributed by atoms with Gasteiger partial charge in [-0.25, -0.2) is 4.39 Å². The highest BCUT2D eigenvalue weighted by Gasteiger charge is 2.33. The van der Waals surface area contributed by atoms with Gasteiger partial charge in [-0.05, 0) is 60.6 Å². The van der Waals surface area contributed by atoms with Crippen LogP contribution >= 0.6 is 24.0 Å². The summed E-state index contributed by atoms with van der Waals surface area (Å²) in [4.78, 5) is 25.2. The first kappa shape index (κ1) is 19.0. The van der Waals surface area contributed by atoms with Gasteiger partial charge in [0.1, 0.15) is 5.82 Å². The first-order valence-corrected chi connectivity index (χ1v) is 9.24. The second kappa shape index (κ2) is 8.28. The van der Waals surface area contributed by atoms with Crippen molar-refractivity contribution >= 4 is 46.2 Å². The van der Waals surface area contributed by atoms with Gasteiger partial charge in [0.15, 0.2) is 4.32 Å². The molecule has 0 aliphatic carbocycles. The van der Waals surface area contributed by atoms with Crippen molar-refractivity contribution in [2.24, 2.45) is 0 Å². The van der Waals surface area contributed by atoms with E-state index in [1.807, 2.05) is 43.3 Å². The number of carbonyl (C=O) groups excluding carboxylic acids is 2. The van der Waals surface area contributed by atoms with Gasteiger partial charge in [-0.3, -0.25) is 15.0 Å². The van der Waals surface area contributed by atoms with Crippen LogP contribution in [0.3, 0.4) is 0 Å². The summed E-state index contributed by atoms with van der Waals surface area (Å²) in [5.74, 6) is -1.38. The Labute approximate surface area is 165 Å². The molecule has 0 radical (unpaired) electrons. The third kappa shape index (κ3) is 4.69. The minimum atomic E-state index is -0.538. The Morgan fingerprint density at radius 3 is 2.48 bits per heavy atom. The summed E-state index contributed by atoms with van der Waals surface area (Å²) in [5, 5.41) is 1.04. The van der Waals surface area contributed by atoms with Crippen molar-refractivity contribution in [3.8, 4) is 0 Å². The third-order valence-corrected chi connectivity index (χ3v) is 4.97. The molecule has 7 heteroatoms. The smallest absolute Gasteiger partial charge is 0.267 e. The van der Waals surface area contributed by atoms with E-state index < -0.39 is 17.6 Å². The van der Waals surface area contributed by atoms with Crippen LogP contribution in [0.4, 0.5) is 4.39 Å². The number of nitrogens with zero attached hydrogens (tertiary/aromatic N) is 1. The first-order valence-electron chi connectivity index (χ1n) is 8.02. The largest absolute Gasteiger partial charge is 0.285 e. The predicted molar refractivity (Wildman–Crippen MR) is 109 cm³/mol. The molecule has 0 saturated carbocycles. The summed E-state index contributed by atoms with van der Waals surface area (Å²) < 4.78 is 13.2. The molecule has 0 bridgehead atoms. The van der Waals surface area contributed by atoms with E-state index in [0.29, 0.717) is 4.91 Å².